The van der Waals surface area contributed by atoms with Crippen LogP contribution in [0.5, 0.6) is 0 Å². The quantitative estimate of drug-likeness (QED) is 0.192. The average molecular weight is 641 g/mol. The van der Waals surface area contributed by atoms with Crippen molar-refractivity contribution in [2.45, 2.75) is 0 Å². The number of furan rings is 2. The molecule has 0 bridgehead atoms. The fraction of sp³-hybridized carbons (Fsp3) is 0. The van der Waals surface area contributed by atoms with Crippen molar-refractivity contribution in [1.82, 2.24) is 9.13 Å². The van der Waals surface area contributed by atoms with E-state index in [0.717, 1.165) is 99.6 Å². The number of hydrogen-bond donors (Lipinski definition) is 0. The molecule has 234 valence electrons. The Bertz CT molecular complexity index is 3080. The van der Waals surface area contributed by atoms with E-state index in [4.69, 9.17) is 8.83 Å². The zero-order chi connectivity index (χ0) is 32.8. The van der Waals surface area contributed by atoms with Crippen molar-refractivity contribution in [2.24, 2.45) is 0 Å². The highest BCUT2D eigenvalue weighted by Crippen LogP contribution is 2.43. The van der Waals surface area contributed by atoms with Gasteiger partial charge in [0, 0.05) is 38.5 Å². The molecule has 50 heavy (non-hydrogen) atoms. The lowest BCUT2D eigenvalue weighted by atomic mass is 9.97. The molecule has 0 fully saturated rings. The van der Waals surface area contributed by atoms with Crippen LogP contribution in [0.1, 0.15) is 0 Å². The number of nitrogens with zero attached hydrogens (tertiary/aromatic N) is 2. The van der Waals surface area contributed by atoms with E-state index in [2.05, 4.69) is 179 Å². The van der Waals surface area contributed by atoms with Gasteiger partial charge in [-0.05, 0) is 89.5 Å². The smallest absolute Gasteiger partial charge is 0.161 e. The molecule has 0 atom stereocenters. The van der Waals surface area contributed by atoms with Gasteiger partial charge in [0.25, 0.3) is 0 Å². The summed E-state index contributed by atoms with van der Waals surface area (Å²) in [6, 6.07) is 59.8. The summed E-state index contributed by atoms with van der Waals surface area (Å²) in [6.07, 6.45) is 0. The minimum absolute atomic E-state index is 0.873. The van der Waals surface area contributed by atoms with Gasteiger partial charge in [0.1, 0.15) is 22.2 Å². The van der Waals surface area contributed by atoms with E-state index in [9.17, 15) is 0 Å². The highest BCUT2D eigenvalue weighted by molar-refractivity contribution is 6.19. The topological polar surface area (TPSA) is 36.1 Å². The molecule has 4 heterocycles. The van der Waals surface area contributed by atoms with Crippen molar-refractivity contribution >= 4 is 65.9 Å². The summed E-state index contributed by atoms with van der Waals surface area (Å²) in [6.45, 7) is 0. The minimum Gasteiger partial charge on any atom is -0.454 e. The number of aromatic nitrogens is 2. The summed E-state index contributed by atoms with van der Waals surface area (Å²) in [4.78, 5) is 0. The Morgan fingerprint density at radius 3 is 1.58 bits per heavy atom. The van der Waals surface area contributed by atoms with Crippen LogP contribution in [-0.2, 0) is 0 Å². The zero-order valence-electron chi connectivity index (χ0n) is 26.9. The Hall–Kier alpha value is -6.78. The third-order valence-corrected chi connectivity index (χ3v) is 10.1. The van der Waals surface area contributed by atoms with Crippen molar-refractivity contribution in [3.05, 3.63) is 170 Å². The predicted octanol–water partition coefficient (Wildman–Crippen LogP) is 12.7. The second kappa shape index (κ2) is 10.4. The zero-order valence-corrected chi connectivity index (χ0v) is 26.9. The molecular weight excluding hydrogens is 613 g/mol. The molecule has 11 aromatic rings. The van der Waals surface area contributed by atoms with Gasteiger partial charge in [-0.3, -0.25) is 0 Å². The lowest BCUT2D eigenvalue weighted by Crippen LogP contribution is -1.93. The van der Waals surface area contributed by atoms with E-state index in [1.165, 1.54) is 0 Å². The Balaban J connectivity index is 1.07. The summed E-state index contributed by atoms with van der Waals surface area (Å²) in [5, 5.41) is 4.41. The highest BCUT2D eigenvalue weighted by Gasteiger charge is 2.22. The summed E-state index contributed by atoms with van der Waals surface area (Å²) in [5.41, 5.74) is 14.7. The number of para-hydroxylation sites is 5. The van der Waals surface area contributed by atoms with Crippen LogP contribution in [-0.4, -0.2) is 9.13 Å². The molecular formula is C46H28N2O2. The number of rotatable bonds is 4. The first kappa shape index (κ1) is 27.2. The monoisotopic (exact) mass is 640 g/mol. The van der Waals surface area contributed by atoms with Crippen molar-refractivity contribution in [3.63, 3.8) is 0 Å². The normalized spacial score (nSPS) is 12.0. The van der Waals surface area contributed by atoms with Crippen LogP contribution >= 0.6 is 0 Å². The second-order valence-corrected chi connectivity index (χ2v) is 12.9. The lowest BCUT2D eigenvalue weighted by molar-refractivity contribution is 0.672. The number of benzene rings is 7. The molecule has 0 spiro atoms. The third kappa shape index (κ3) is 3.81. The SMILES string of the molecule is c1ccc(-n2c3ccccc3c3oc4cc(-c5cccc(-c6cccc7c6oc6c8ccccc8n(-c8ccccc8)c76)c5)ccc4c32)cc1. The molecule has 0 N–H and O–H groups in total. The first-order valence-corrected chi connectivity index (χ1v) is 16.9. The summed E-state index contributed by atoms with van der Waals surface area (Å²) in [7, 11) is 0. The van der Waals surface area contributed by atoms with E-state index in [-0.39, 0.29) is 0 Å². The van der Waals surface area contributed by atoms with Gasteiger partial charge in [0.15, 0.2) is 11.2 Å². The molecule has 0 unspecified atom stereocenters. The molecule has 0 aliphatic carbocycles. The maximum absolute atomic E-state index is 6.83. The largest absolute Gasteiger partial charge is 0.454 e. The van der Waals surface area contributed by atoms with E-state index >= 15 is 0 Å². The molecule has 4 heteroatoms. The van der Waals surface area contributed by atoms with Gasteiger partial charge in [-0.1, -0.05) is 97.1 Å². The first-order chi connectivity index (χ1) is 24.8. The molecule has 4 aromatic heterocycles. The van der Waals surface area contributed by atoms with Crippen LogP contribution in [0.15, 0.2) is 179 Å². The van der Waals surface area contributed by atoms with Crippen LogP contribution < -0.4 is 0 Å². The van der Waals surface area contributed by atoms with Crippen molar-refractivity contribution in [3.8, 4) is 33.6 Å². The van der Waals surface area contributed by atoms with Gasteiger partial charge >= 0.3 is 0 Å². The van der Waals surface area contributed by atoms with Crippen LogP contribution in [0, 0.1) is 0 Å². The van der Waals surface area contributed by atoms with Gasteiger partial charge in [-0.2, -0.15) is 0 Å². The van der Waals surface area contributed by atoms with Crippen molar-refractivity contribution in [1.29, 1.82) is 0 Å². The molecule has 0 aliphatic rings. The number of fused-ring (bicyclic) bond motifs is 10. The standard InChI is InChI=1S/C46H28N2O2/c1-3-15-32(16-4-1)47-39-23-9-7-19-35(39)45-42(47)37-26-25-30(28-41(37)49-45)29-13-11-14-31(27-29)34-21-12-22-38-43-46(50-44(34)38)36-20-8-10-24-40(36)48(43)33-17-5-2-6-18-33/h1-28H. The Kier molecular flexibility index (Phi) is 5.63. The van der Waals surface area contributed by atoms with Crippen molar-refractivity contribution < 1.29 is 8.83 Å². The molecule has 7 aromatic carbocycles. The van der Waals surface area contributed by atoms with Gasteiger partial charge in [-0.25, -0.2) is 0 Å². The molecule has 0 saturated carbocycles. The summed E-state index contributed by atoms with van der Waals surface area (Å²) < 4.78 is 18.1. The van der Waals surface area contributed by atoms with E-state index in [0.29, 0.717) is 0 Å². The highest BCUT2D eigenvalue weighted by atomic mass is 16.3. The molecule has 4 nitrogen and oxygen atoms in total. The van der Waals surface area contributed by atoms with Crippen LogP contribution in [0.4, 0.5) is 0 Å². The van der Waals surface area contributed by atoms with E-state index < -0.39 is 0 Å². The van der Waals surface area contributed by atoms with Gasteiger partial charge < -0.3 is 18.0 Å². The number of hydrogen-bond acceptors (Lipinski definition) is 2. The minimum atomic E-state index is 0.873. The third-order valence-electron chi connectivity index (χ3n) is 10.1. The maximum atomic E-state index is 6.83. The fourth-order valence-electron chi connectivity index (χ4n) is 7.92. The first-order valence-electron chi connectivity index (χ1n) is 16.9. The molecule has 0 amide bonds. The van der Waals surface area contributed by atoms with Gasteiger partial charge in [-0.15, -0.1) is 0 Å². The van der Waals surface area contributed by atoms with Crippen molar-refractivity contribution in [2.75, 3.05) is 0 Å². The summed E-state index contributed by atoms with van der Waals surface area (Å²) >= 11 is 0. The predicted molar refractivity (Wildman–Crippen MR) is 206 cm³/mol. The van der Waals surface area contributed by atoms with Gasteiger partial charge in [0.2, 0.25) is 0 Å². The molecule has 11 rings (SSSR count). The van der Waals surface area contributed by atoms with Crippen LogP contribution in [0.3, 0.4) is 0 Å². The molecule has 0 aliphatic heterocycles. The Morgan fingerprint density at radius 1 is 0.340 bits per heavy atom. The average Bonchev–Trinajstić information content (AvgIpc) is 3.92. The fourth-order valence-corrected chi connectivity index (χ4v) is 7.92. The maximum Gasteiger partial charge on any atom is 0.161 e. The Morgan fingerprint density at radius 2 is 0.880 bits per heavy atom. The van der Waals surface area contributed by atoms with Crippen LogP contribution in [0.25, 0.3) is 99.6 Å². The second-order valence-electron chi connectivity index (χ2n) is 12.9. The van der Waals surface area contributed by atoms with Crippen LogP contribution in [0.2, 0.25) is 0 Å². The van der Waals surface area contributed by atoms with E-state index in [1.54, 1.807) is 0 Å². The molecule has 0 saturated heterocycles. The van der Waals surface area contributed by atoms with Gasteiger partial charge in [0.05, 0.1) is 11.0 Å². The lowest BCUT2D eigenvalue weighted by Gasteiger charge is -2.09. The summed E-state index contributed by atoms with van der Waals surface area (Å²) in [5.74, 6) is 0. The van der Waals surface area contributed by atoms with E-state index in [1.807, 2.05) is 0 Å². The Labute approximate surface area is 286 Å². The molecule has 0 radical (unpaired) electrons.